The molecule has 0 fully saturated rings. The van der Waals surface area contributed by atoms with Crippen LogP contribution in [0.2, 0.25) is 5.02 Å². The van der Waals surface area contributed by atoms with Crippen molar-refractivity contribution in [1.29, 1.82) is 0 Å². The quantitative estimate of drug-likeness (QED) is 0.670. The van der Waals surface area contributed by atoms with Gasteiger partial charge in [0.15, 0.2) is 0 Å². The molecule has 70 valence electrons. The van der Waals surface area contributed by atoms with Gasteiger partial charge in [-0.25, -0.2) is 0 Å². The van der Waals surface area contributed by atoms with Crippen LogP contribution < -0.4 is 4.74 Å². The van der Waals surface area contributed by atoms with Gasteiger partial charge in [0.1, 0.15) is 11.9 Å². The zero-order valence-corrected chi connectivity index (χ0v) is 8.64. The van der Waals surface area contributed by atoms with Gasteiger partial charge in [-0.2, -0.15) is 0 Å². The molecule has 0 spiro atoms. The first kappa shape index (κ1) is 8.89. The predicted octanol–water partition coefficient (Wildman–Crippen LogP) is 3.30. The minimum Gasteiger partial charge on any atom is -0.490 e. The van der Waals surface area contributed by atoms with E-state index >= 15 is 0 Å². The van der Waals surface area contributed by atoms with Crippen molar-refractivity contribution in [2.75, 3.05) is 0 Å². The molecular weight excluding hydrogens is 184 g/mol. The second kappa shape index (κ2) is 3.22. The Balaban J connectivity index is 2.25. The molecule has 1 aromatic carbocycles. The zero-order valence-electron chi connectivity index (χ0n) is 7.88. The number of fused-ring (bicyclic) bond motifs is 1. The van der Waals surface area contributed by atoms with Crippen LogP contribution >= 0.6 is 11.6 Å². The van der Waals surface area contributed by atoms with Crippen molar-refractivity contribution >= 4 is 11.6 Å². The van der Waals surface area contributed by atoms with E-state index in [1.807, 2.05) is 18.2 Å². The second-order valence-electron chi connectivity index (χ2n) is 3.86. The zero-order chi connectivity index (χ0) is 9.42. The van der Waals surface area contributed by atoms with Crippen LogP contribution in [0.1, 0.15) is 19.4 Å². The molecule has 1 heterocycles. The summed E-state index contributed by atoms with van der Waals surface area (Å²) in [5, 5.41) is 0.798. The van der Waals surface area contributed by atoms with Crippen LogP contribution in [0.3, 0.4) is 0 Å². The molecular formula is C11H13ClO. The lowest BCUT2D eigenvalue weighted by molar-refractivity contribution is 0.179. The molecule has 1 aromatic rings. The molecule has 0 saturated heterocycles. The van der Waals surface area contributed by atoms with Gasteiger partial charge in [0.2, 0.25) is 0 Å². The molecule has 13 heavy (non-hydrogen) atoms. The summed E-state index contributed by atoms with van der Waals surface area (Å²) in [5.74, 6) is 1.56. The minimum atomic E-state index is 0.327. The summed E-state index contributed by atoms with van der Waals surface area (Å²) in [6, 6.07) is 5.84. The van der Waals surface area contributed by atoms with E-state index in [1.54, 1.807) is 0 Å². The monoisotopic (exact) mass is 196 g/mol. The average Bonchev–Trinajstić information content (AvgIpc) is 2.46. The number of hydrogen-bond acceptors (Lipinski definition) is 1. The fourth-order valence-corrected chi connectivity index (χ4v) is 1.81. The van der Waals surface area contributed by atoms with Gasteiger partial charge in [-0.15, -0.1) is 0 Å². The third kappa shape index (κ3) is 1.66. The largest absolute Gasteiger partial charge is 0.490 e. The maximum Gasteiger partial charge on any atom is 0.123 e. The van der Waals surface area contributed by atoms with E-state index in [0.717, 1.165) is 17.2 Å². The number of hydrogen-bond donors (Lipinski definition) is 0. The predicted molar refractivity (Wildman–Crippen MR) is 54.4 cm³/mol. The maximum absolute atomic E-state index is 5.90. The lowest BCUT2D eigenvalue weighted by Gasteiger charge is -2.13. The Bertz CT molecular complexity index is 320. The smallest absolute Gasteiger partial charge is 0.123 e. The highest BCUT2D eigenvalue weighted by molar-refractivity contribution is 6.30. The second-order valence-corrected chi connectivity index (χ2v) is 4.29. The van der Waals surface area contributed by atoms with Crippen LogP contribution in [-0.2, 0) is 6.42 Å². The van der Waals surface area contributed by atoms with Crippen molar-refractivity contribution < 1.29 is 4.74 Å². The Morgan fingerprint density at radius 1 is 1.46 bits per heavy atom. The van der Waals surface area contributed by atoms with Crippen LogP contribution in [0.15, 0.2) is 18.2 Å². The first-order valence-corrected chi connectivity index (χ1v) is 4.99. The Labute approximate surface area is 83.7 Å². The molecule has 1 atom stereocenters. The summed E-state index contributed by atoms with van der Waals surface area (Å²) in [6.07, 6.45) is 1.32. The molecule has 2 rings (SSSR count). The van der Waals surface area contributed by atoms with Gasteiger partial charge in [-0.1, -0.05) is 25.4 Å². The molecule has 0 N–H and O–H groups in total. The SMILES string of the molecule is CC(C)C1Cc2cc(Cl)ccc2O1. The summed E-state index contributed by atoms with van der Waals surface area (Å²) >= 11 is 5.90. The summed E-state index contributed by atoms with van der Waals surface area (Å²) in [4.78, 5) is 0. The van der Waals surface area contributed by atoms with Crippen molar-refractivity contribution in [3.8, 4) is 5.75 Å². The molecule has 1 nitrogen and oxygen atoms in total. The average molecular weight is 197 g/mol. The fourth-order valence-electron chi connectivity index (χ4n) is 1.62. The van der Waals surface area contributed by atoms with Crippen LogP contribution in [0.4, 0.5) is 0 Å². The van der Waals surface area contributed by atoms with Gasteiger partial charge in [0, 0.05) is 11.4 Å². The summed E-state index contributed by atoms with van der Waals surface area (Å²) in [5.41, 5.74) is 1.24. The summed E-state index contributed by atoms with van der Waals surface area (Å²) < 4.78 is 5.76. The van der Waals surface area contributed by atoms with E-state index in [-0.39, 0.29) is 0 Å². The van der Waals surface area contributed by atoms with E-state index in [2.05, 4.69) is 13.8 Å². The lowest BCUT2D eigenvalue weighted by atomic mass is 10.0. The molecule has 1 unspecified atom stereocenters. The van der Waals surface area contributed by atoms with Gasteiger partial charge in [0.05, 0.1) is 0 Å². The number of rotatable bonds is 1. The van der Waals surface area contributed by atoms with Gasteiger partial charge in [-0.3, -0.25) is 0 Å². The van der Waals surface area contributed by atoms with Gasteiger partial charge >= 0.3 is 0 Å². The van der Waals surface area contributed by atoms with Gasteiger partial charge in [-0.05, 0) is 29.7 Å². The van der Waals surface area contributed by atoms with E-state index < -0.39 is 0 Å². The molecule has 1 aliphatic heterocycles. The highest BCUT2D eigenvalue weighted by Gasteiger charge is 2.25. The molecule has 0 radical (unpaired) electrons. The maximum atomic E-state index is 5.90. The molecule has 0 amide bonds. The topological polar surface area (TPSA) is 9.23 Å². The first-order valence-electron chi connectivity index (χ1n) is 4.62. The van der Waals surface area contributed by atoms with Crippen molar-refractivity contribution in [3.63, 3.8) is 0 Å². The van der Waals surface area contributed by atoms with Crippen LogP contribution in [-0.4, -0.2) is 6.10 Å². The van der Waals surface area contributed by atoms with Crippen LogP contribution in [0.5, 0.6) is 5.75 Å². The number of ether oxygens (including phenoxy) is 1. The molecule has 0 aliphatic carbocycles. The van der Waals surface area contributed by atoms with E-state index in [1.165, 1.54) is 5.56 Å². The van der Waals surface area contributed by atoms with Crippen molar-refractivity contribution in [1.82, 2.24) is 0 Å². The van der Waals surface area contributed by atoms with E-state index in [4.69, 9.17) is 16.3 Å². The molecule has 0 aromatic heterocycles. The molecule has 0 saturated carbocycles. The first-order chi connectivity index (χ1) is 6.16. The fraction of sp³-hybridized carbons (Fsp3) is 0.455. The Kier molecular flexibility index (Phi) is 2.20. The van der Waals surface area contributed by atoms with Gasteiger partial charge in [0.25, 0.3) is 0 Å². The van der Waals surface area contributed by atoms with Crippen molar-refractivity contribution in [2.45, 2.75) is 26.4 Å². The highest BCUT2D eigenvalue weighted by Crippen LogP contribution is 2.33. The Hall–Kier alpha value is -0.690. The van der Waals surface area contributed by atoms with Crippen molar-refractivity contribution in [3.05, 3.63) is 28.8 Å². The lowest BCUT2D eigenvalue weighted by Crippen LogP contribution is -2.19. The standard InChI is InChI=1S/C11H13ClO/c1-7(2)11-6-8-5-9(12)3-4-10(8)13-11/h3-5,7,11H,6H2,1-2H3. The minimum absolute atomic E-state index is 0.327. The van der Waals surface area contributed by atoms with Crippen LogP contribution in [0.25, 0.3) is 0 Å². The van der Waals surface area contributed by atoms with E-state index in [0.29, 0.717) is 12.0 Å². The molecule has 1 aliphatic rings. The molecule has 2 heteroatoms. The van der Waals surface area contributed by atoms with Crippen LogP contribution in [0, 0.1) is 5.92 Å². The third-order valence-electron chi connectivity index (χ3n) is 2.47. The normalized spacial score (nSPS) is 20.2. The third-order valence-corrected chi connectivity index (χ3v) is 2.70. The summed E-state index contributed by atoms with van der Waals surface area (Å²) in [6.45, 7) is 4.36. The molecule has 0 bridgehead atoms. The van der Waals surface area contributed by atoms with Crippen molar-refractivity contribution in [2.24, 2.45) is 5.92 Å². The van der Waals surface area contributed by atoms with Gasteiger partial charge < -0.3 is 4.74 Å². The Morgan fingerprint density at radius 2 is 2.23 bits per heavy atom. The number of benzene rings is 1. The number of halogens is 1. The van der Waals surface area contributed by atoms with E-state index in [9.17, 15) is 0 Å². The highest BCUT2D eigenvalue weighted by atomic mass is 35.5. The Morgan fingerprint density at radius 3 is 2.92 bits per heavy atom. The summed E-state index contributed by atoms with van der Waals surface area (Å²) in [7, 11) is 0.